The number of carbonyl (C=O) groups is 7. The number of methoxy groups -OCH3 is 1. The third kappa shape index (κ3) is 10.4. The Morgan fingerprint density at radius 1 is 1.03 bits per heavy atom. The van der Waals surface area contributed by atoms with Crippen LogP contribution >= 0.6 is 0 Å². The number of hydrazine groups is 1. The Morgan fingerprint density at radius 2 is 1.70 bits per heavy atom. The third-order valence-corrected chi connectivity index (χ3v) is 11.5. The molecule has 0 radical (unpaired) electrons. The summed E-state index contributed by atoms with van der Waals surface area (Å²) in [7, 11) is 1.19. The molecule has 22 nitrogen and oxygen atoms in total. The van der Waals surface area contributed by atoms with E-state index < -0.39 is 114 Å². The molecular formula is C38H62N8O14. The zero-order chi connectivity index (χ0) is 44.9. The normalized spacial score (nSPS) is 33.0. The van der Waals surface area contributed by atoms with Gasteiger partial charge in [0.15, 0.2) is 17.7 Å². The van der Waals surface area contributed by atoms with Gasteiger partial charge in [0.05, 0.1) is 19.3 Å². The van der Waals surface area contributed by atoms with E-state index in [0.29, 0.717) is 12.3 Å². The molecule has 0 aliphatic carbocycles. The summed E-state index contributed by atoms with van der Waals surface area (Å²) in [5.74, 6) is -10.9. The highest BCUT2D eigenvalue weighted by Gasteiger charge is 2.57. The number of fused-ring (bicyclic) bond motifs is 2. The Morgan fingerprint density at radius 3 is 2.32 bits per heavy atom. The molecule has 6 amide bonds. The van der Waals surface area contributed by atoms with E-state index in [1.165, 1.54) is 27.2 Å². The SMILES string of the molecule is COC[C@H]1C(=O)NCC(=O)N2N=CCC[C@H]2C(=O)N(O)[C@H](C)C(=O)O[C@@H](C(C)C)[C@H](NC(=O)[C@](C)(O)[C@]2(O)CC[C@@H](CC(C)C)[C@H](C)O2)C(=O)N2NCCC[C@@H]2C(=O)N1O. The van der Waals surface area contributed by atoms with Crippen LogP contribution in [0.15, 0.2) is 5.10 Å². The van der Waals surface area contributed by atoms with Crippen LogP contribution < -0.4 is 16.1 Å². The van der Waals surface area contributed by atoms with Gasteiger partial charge in [-0.15, -0.1) is 0 Å². The van der Waals surface area contributed by atoms with E-state index in [1.54, 1.807) is 6.92 Å². The number of nitrogens with one attached hydrogen (secondary N) is 3. The van der Waals surface area contributed by atoms with Gasteiger partial charge in [-0.2, -0.15) is 5.10 Å². The first-order chi connectivity index (χ1) is 28.1. The number of ether oxygens (including phenoxy) is 3. The second-order valence-corrected chi connectivity index (χ2v) is 16.8. The molecule has 0 aromatic rings. The molecule has 338 valence electrons. The lowest BCUT2D eigenvalue weighted by atomic mass is 9.79. The first kappa shape index (κ1) is 48.3. The van der Waals surface area contributed by atoms with Gasteiger partial charge in [-0.3, -0.25) is 44.2 Å². The smallest absolute Gasteiger partial charge is 0.331 e. The molecule has 4 heterocycles. The molecule has 4 aliphatic rings. The van der Waals surface area contributed by atoms with Crippen molar-refractivity contribution >= 4 is 47.6 Å². The fraction of sp³-hybridized carbons (Fsp3) is 0.789. The van der Waals surface area contributed by atoms with Crippen LogP contribution in [0.4, 0.5) is 0 Å². The Kier molecular flexibility index (Phi) is 16.1. The zero-order valence-corrected chi connectivity index (χ0v) is 35.5. The van der Waals surface area contributed by atoms with Gasteiger partial charge in [-0.05, 0) is 77.0 Å². The lowest BCUT2D eigenvalue weighted by Crippen LogP contribution is -2.70. The lowest BCUT2D eigenvalue weighted by molar-refractivity contribution is -0.326. The maximum Gasteiger partial charge on any atom is 0.331 e. The summed E-state index contributed by atoms with van der Waals surface area (Å²) >= 11 is 0. The van der Waals surface area contributed by atoms with Crippen LogP contribution in [0, 0.1) is 17.8 Å². The van der Waals surface area contributed by atoms with Crippen molar-refractivity contribution in [3.8, 4) is 0 Å². The molecule has 0 aromatic carbocycles. The van der Waals surface area contributed by atoms with E-state index in [9.17, 15) is 54.2 Å². The van der Waals surface area contributed by atoms with Gasteiger partial charge in [0.2, 0.25) is 11.7 Å². The van der Waals surface area contributed by atoms with E-state index in [1.807, 2.05) is 13.8 Å². The zero-order valence-electron chi connectivity index (χ0n) is 35.5. The minimum atomic E-state index is -2.72. The lowest BCUT2D eigenvalue weighted by Gasteiger charge is -2.47. The Labute approximate surface area is 348 Å². The fourth-order valence-electron chi connectivity index (χ4n) is 7.84. The molecule has 0 saturated carbocycles. The molecule has 0 aromatic heterocycles. The maximum atomic E-state index is 14.8. The van der Waals surface area contributed by atoms with Crippen LogP contribution in [0.1, 0.15) is 93.4 Å². The Bertz CT molecular complexity index is 1650. The predicted octanol–water partition coefficient (Wildman–Crippen LogP) is -1.22. The maximum absolute atomic E-state index is 14.8. The molecule has 3 fully saturated rings. The van der Waals surface area contributed by atoms with Crippen molar-refractivity contribution in [1.82, 2.24) is 36.2 Å². The number of cyclic esters (lactones) is 1. The highest BCUT2D eigenvalue weighted by Crippen LogP contribution is 2.40. The van der Waals surface area contributed by atoms with Gasteiger partial charge in [-0.1, -0.05) is 27.7 Å². The summed E-state index contributed by atoms with van der Waals surface area (Å²) in [4.78, 5) is 97.4. The molecule has 0 spiro atoms. The summed E-state index contributed by atoms with van der Waals surface area (Å²) in [6.07, 6.45) is 0.467. The van der Waals surface area contributed by atoms with Crippen LogP contribution in [0.3, 0.4) is 0 Å². The molecule has 7 N–H and O–H groups in total. The van der Waals surface area contributed by atoms with Gasteiger partial charge in [-0.25, -0.2) is 25.4 Å². The number of aliphatic hydroxyl groups is 2. The minimum Gasteiger partial charge on any atom is -0.458 e. The molecule has 4 rings (SSSR count). The van der Waals surface area contributed by atoms with Crippen molar-refractivity contribution in [2.75, 3.05) is 26.8 Å². The summed E-state index contributed by atoms with van der Waals surface area (Å²) in [6.45, 7) is 9.73. The number of amides is 6. The summed E-state index contributed by atoms with van der Waals surface area (Å²) in [5.41, 5.74) is 0.0616. The Hall–Kier alpha value is -4.32. The summed E-state index contributed by atoms with van der Waals surface area (Å²) in [5, 5.41) is 56.2. The van der Waals surface area contributed by atoms with E-state index >= 15 is 0 Å². The second kappa shape index (κ2) is 20.0. The van der Waals surface area contributed by atoms with Crippen LogP contribution in [-0.4, -0.2) is 169 Å². The van der Waals surface area contributed by atoms with Crippen molar-refractivity contribution in [3.63, 3.8) is 0 Å². The quantitative estimate of drug-likeness (QED) is 0.111. The number of hydroxylamine groups is 4. The first-order valence-electron chi connectivity index (χ1n) is 20.4. The van der Waals surface area contributed by atoms with Crippen molar-refractivity contribution in [2.24, 2.45) is 22.9 Å². The highest BCUT2D eigenvalue weighted by molar-refractivity contribution is 5.97. The molecule has 60 heavy (non-hydrogen) atoms. The number of carbonyl (C=O) groups excluding carboxylic acids is 7. The third-order valence-electron chi connectivity index (χ3n) is 11.5. The van der Waals surface area contributed by atoms with E-state index in [2.05, 4.69) is 21.2 Å². The van der Waals surface area contributed by atoms with Crippen molar-refractivity contribution < 1.29 is 68.4 Å². The molecule has 10 atom stereocenters. The molecule has 22 heteroatoms. The monoisotopic (exact) mass is 854 g/mol. The first-order valence-corrected chi connectivity index (χ1v) is 20.4. The molecule has 4 aliphatic heterocycles. The number of nitrogens with zero attached hydrogens (tertiary/aromatic N) is 5. The van der Waals surface area contributed by atoms with Crippen LogP contribution in [0.2, 0.25) is 0 Å². The summed E-state index contributed by atoms with van der Waals surface area (Å²) in [6, 6.07) is -8.47. The average molecular weight is 855 g/mol. The van der Waals surface area contributed by atoms with Gasteiger partial charge >= 0.3 is 5.97 Å². The topological polar surface area (TPSA) is 290 Å². The van der Waals surface area contributed by atoms with Gasteiger partial charge < -0.3 is 35.1 Å². The Balaban J connectivity index is 1.80. The summed E-state index contributed by atoms with van der Waals surface area (Å²) < 4.78 is 16.8. The van der Waals surface area contributed by atoms with Crippen LogP contribution in [0.5, 0.6) is 0 Å². The largest absolute Gasteiger partial charge is 0.458 e. The average Bonchev–Trinajstić information content (AvgIpc) is 3.21. The molecule has 0 bridgehead atoms. The predicted molar refractivity (Wildman–Crippen MR) is 207 cm³/mol. The highest BCUT2D eigenvalue weighted by atomic mass is 16.6. The van der Waals surface area contributed by atoms with Gasteiger partial charge in [0, 0.05) is 26.3 Å². The van der Waals surface area contributed by atoms with Gasteiger partial charge in [0.25, 0.3) is 29.5 Å². The van der Waals surface area contributed by atoms with Crippen molar-refractivity contribution in [2.45, 2.75) is 147 Å². The van der Waals surface area contributed by atoms with Crippen molar-refractivity contribution in [3.05, 3.63) is 0 Å². The van der Waals surface area contributed by atoms with E-state index in [0.717, 1.165) is 30.3 Å². The van der Waals surface area contributed by atoms with Crippen LogP contribution in [-0.2, 0) is 47.8 Å². The number of esters is 1. The number of hydrazone groups is 1. The second-order valence-electron chi connectivity index (χ2n) is 16.8. The standard InChI is InChI=1S/C38H62N8O14/c1-20(2)17-24-13-14-38(55,60-23(24)6)37(7,54)36(53)42-29-30(21(3)4)59-35(52)22(5)45(56)32(49)25-11-9-15-40-43(25)28(47)18-39-31(48)27(19-58-8)46(57)33(50)26-12-10-16-41-44(26)34(29)51/h15,20-27,29-30,41,54-57H,9-14,16-19H2,1-8H3,(H,39,48)(H,42,53)/t22-,23+,24+,25+,26-,27+,29+,30+,37+,38+/m1/s1. The molecule has 0 unspecified atom stereocenters. The van der Waals surface area contributed by atoms with Crippen LogP contribution in [0.25, 0.3) is 0 Å². The fourth-order valence-corrected chi connectivity index (χ4v) is 7.84. The molecular weight excluding hydrogens is 792 g/mol. The van der Waals surface area contributed by atoms with Gasteiger partial charge in [0.1, 0.15) is 24.2 Å². The number of hydrogen-bond acceptors (Lipinski definition) is 16. The number of rotatable bonds is 8. The van der Waals surface area contributed by atoms with E-state index in [-0.39, 0.29) is 54.7 Å². The van der Waals surface area contributed by atoms with Crippen molar-refractivity contribution in [1.29, 1.82) is 0 Å². The number of hydrogen-bond donors (Lipinski definition) is 7. The minimum absolute atomic E-state index is 0.0104. The molecule has 3 saturated heterocycles. The van der Waals surface area contributed by atoms with E-state index in [4.69, 9.17) is 14.2 Å².